The van der Waals surface area contributed by atoms with Crippen molar-refractivity contribution >= 4 is 39.5 Å². The summed E-state index contributed by atoms with van der Waals surface area (Å²) in [6, 6.07) is 14.5. The summed E-state index contributed by atoms with van der Waals surface area (Å²) >= 11 is 0. The van der Waals surface area contributed by atoms with E-state index >= 15 is 0 Å². The topological polar surface area (TPSA) is 98.8 Å². The van der Waals surface area contributed by atoms with E-state index in [4.69, 9.17) is 8.83 Å². The van der Waals surface area contributed by atoms with Crippen LogP contribution in [0.1, 0.15) is 21.1 Å². The van der Waals surface area contributed by atoms with E-state index in [1.165, 1.54) is 19.2 Å². The van der Waals surface area contributed by atoms with Crippen LogP contribution >= 0.6 is 0 Å². The van der Waals surface area contributed by atoms with Gasteiger partial charge in [0.05, 0.1) is 12.5 Å². The van der Waals surface area contributed by atoms with Crippen LogP contribution < -0.4 is 10.7 Å². The minimum atomic E-state index is -0.740. The van der Waals surface area contributed by atoms with Crippen LogP contribution in [0.2, 0.25) is 0 Å². The standard InChI is InChI=1S/C20H13NO6/c1-25-20(24)18-10-14(22)13-9-12(6-7-16(13)27-18)21-19(23)17-8-11-4-2-3-5-15(11)26-17/h2-10H,1H3,(H,21,23). The van der Waals surface area contributed by atoms with Crippen molar-refractivity contribution in [3.05, 3.63) is 76.3 Å². The van der Waals surface area contributed by atoms with Gasteiger partial charge in [-0.3, -0.25) is 9.59 Å². The highest BCUT2D eigenvalue weighted by molar-refractivity contribution is 6.05. The van der Waals surface area contributed by atoms with E-state index in [9.17, 15) is 14.4 Å². The monoisotopic (exact) mass is 363 g/mol. The number of fused-ring (bicyclic) bond motifs is 2. The molecule has 1 amide bonds. The van der Waals surface area contributed by atoms with Crippen LogP contribution in [-0.4, -0.2) is 19.0 Å². The lowest BCUT2D eigenvalue weighted by molar-refractivity contribution is 0.0565. The van der Waals surface area contributed by atoms with Crippen LogP contribution in [0, 0.1) is 0 Å². The Morgan fingerprint density at radius 1 is 0.926 bits per heavy atom. The average molecular weight is 363 g/mol. The van der Waals surface area contributed by atoms with Crippen molar-refractivity contribution in [1.29, 1.82) is 0 Å². The molecule has 1 N–H and O–H groups in total. The number of furan rings is 1. The minimum absolute atomic E-state index is 0.157. The highest BCUT2D eigenvalue weighted by Gasteiger charge is 2.15. The fraction of sp³-hybridized carbons (Fsp3) is 0.0500. The summed E-state index contributed by atoms with van der Waals surface area (Å²) < 4.78 is 15.4. The third kappa shape index (κ3) is 3.06. The normalized spacial score (nSPS) is 10.9. The number of benzene rings is 2. The third-order valence-electron chi connectivity index (χ3n) is 4.02. The summed E-state index contributed by atoms with van der Waals surface area (Å²) in [5, 5.41) is 3.73. The molecule has 0 atom stereocenters. The molecular weight excluding hydrogens is 350 g/mol. The second-order valence-electron chi connectivity index (χ2n) is 5.78. The number of nitrogens with one attached hydrogen (secondary N) is 1. The number of carbonyl (C=O) groups excluding carboxylic acids is 2. The van der Waals surface area contributed by atoms with Gasteiger partial charge in [0.15, 0.2) is 11.2 Å². The summed E-state index contributed by atoms with van der Waals surface area (Å²) in [5.41, 5.74) is 0.796. The molecule has 0 fully saturated rings. The Balaban J connectivity index is 1.65. The Hall–Kier alpha value is -3.87. The predicted octanol–water partition coefficient (Wildman–Crippen LogP) is 3.58. The molecule has 0 radical (unpaired) electrons. The third-order valence-corrected chi connectivity index (χ3v) is 4.02. The first-order valence-electron chi connectivity index (χ1n) is 8.01. The zero-order valence-electron chi connectivity index (χ0n) is 14.1. The number of methoxy groups -OCH3 is 1. The van der Waals surface area contributed by atoms with E-state index in [0.717, 1.165) is 11.5 Å². The molecule has 2 heterocycles. The number of anilines is 1. The van der Waals surface area contributed by atoms with Gasteiger partial charge in [-0.05, 0) is 30.3 Å². The number of rotatable bonds is 3. The van der Waals surface area contributed by atoms with Gasteiger partial charge in [-0.25, -0.2) is 4.79 Å². The summed E-state index contributed by atoms with van der Waals surface area (Å²) in [5.74, 6) is -1.21. The zero-order chi connectivity index (χ0) is 19.0. The van der Waals surface area contributed by atoms with Gasteiger partial charge in [-0.15, -0.1) is 0 Å². The summed E-state index contributed by atoms with van der Waals surface area (Å²) in [4.78, 5) is 36.2. The van der Waals surface area contributed by atoms with Crippen molar-refractivity contribution in [1.82, 2.24) is 0 Å². The molecule has 0 unspecified atom stereocenters. The first-order chi connectivity index (χ1) is 13.0. The van der Waals surface area contributed by atoms with Crippen LogP contribution in [-0.2, 0) is 4.74 Å². The van der Waals surface area contributed by atoms with E-state index in [1.54, 1.807) is 18.2 Å². The van der Waals surface area contributed by atoms with E-state index in [1.807, 2.05) is 18.2 Å². The van der Waals surface area contributed by atoms with E-state index < -0.39 is 17.3 Å². The van der Waals surface area contributed by atoms with Gasteiger partial charge in [0.1, 0.15) is 11.2 Å². The Kier molecular flexibility index (Phi) is 3.97. The molecule has 7 nitrogen and oxygen atoms in total. The smallest absolute Gasteiger partial charge is 0.374 e. The van der Waals surface area contributed by atoms with E-state index in [-0.39, 0.29) is 22.5 Å². The quantitative estimate of drug-likeness (QED) is 0.559. The first-order valence-corrected chi connectivity index (χ1v) is 8.01. The van der Waals surface area contributed by atoms with Crippen LogP contribution in [0.3, 0.4) is 0 Å². The number of hydrogen-bond acceptors (Lipinski definition) is 6. The lowest BCUT2D eigenvalue weighted by atomic mass is 10.2. The molecule has 2 aromatic carbocycles. The molecule has 2 aromatic heterocycles. The van der Waals surface area contributed by atoms with Crippen molar-refractivity contribution in [3.8, 4) is 0 Å². The molecule has 0 saturated carbocycles. The van der Waals surface area contributed by atoms with Gasteiger partial charge in [0, 0.05) is 17.1 Å². The van der Waals surface area contributed by atoms with Crippen molar-refractivity contribution in [2.75, 3.05) is 12.4 Å². The molecule has 4 aromatic rings. The van der Waals surface area contributed by atoms with Crippen molar-refractivity contribution in [2.45, 2.75) is 0 Å². The highest BCUT2D eigenvalue weighted by atomic mass is 16.5. The van der Waals surface area contributed by atoms with Gasteiger partial charge in [0.2, 0.25) is 5.76 Å². The summed E-state index contributed by atoms with van der Waals surface area (Å²) in [6.45, 7) is 0. The summed E-state index contributed by atoms with van der Waals surface area (Å²) in [7, 11) is 1.20. The van der Waals surface area contributed by atoms with Crippen LogP contribution in [0.25, 0.3) is 21.9 Å². The number of para-hydroxylation sites is 1. The molecule has 0 spiro atoms. The number of amides is 1. The second kappa shape index (κ2) is 6.45. The average Bonchev–Trinajstić information content (AvgIpc) is 3.12. The van der Waals surface area contributed by atoms with E-state index in [2.05, 4.69) is 10.1 Å². The van der Waals surface area contributed by atoms with E-state index in [0.29, 0.717) is 11.3 Å². The largest absolute Gasteiger partial charge is 0.463 e. The van der Waals surface area contributed by atoms with Crippen molar-refractivity contribution in [3.63, 3.8) is 0 Å². The Morgan fingerprint density at radius 2 is 1.70 bits per heavy atom. The molecule has 0 aliphatic rings. The number of carbonyl (C=O) groups is 2. The number of ether oxygens (including phenoxy) is 1. The van der Waals surface area contributed by atoms with Crippen LogP contribution in [0.4, 0.5) is 5.69 Å². The molecule has 0 bridgehead atoms. The van der Waals surface area contributed by atoms with Crippen LogP contribution in [0.15, 0.2) is 68.2 Å². The first kappa shape index (κ1) is 16.6. The maximum Gasteiger partial charge on any atom is 0.374 e. The Labute approximate surface area is 152 Å². The number of esters is 1. The molecule has 7 heteroatoms. The molecule has 27 heavy (non-hydrogen) atoms. The van der Waals surface area contributed by atoms with Crippen molar-refractivity contribution < 1.29 is 23.2 Å². The number of hydrogen-bond donors (Lipinski definition) is 1. The highest BCUT2D eigenvalue weighted by Crippen LogP contribution is 2.22. The maximum absolute atomic E-state index is 12.4. The second-order valence-corrected chi connectivity index (χ2v) is 5.78. The zero-order valence-corrected chi connectivity index (χ0v) is 14.1. The van der Waals surface area contributed by atoms with Gasteiger partial charge >= 0.3 is 5.97 Å². The Bertz CT molecular complexity index is 1220. The van der Waals surface area contributed by atoms with Crippen LogP contribution in [0.5, 0.6) is 0 Å². The molecule has 0 aliphatic heterocycles. The van der Waals surface area contributed by atoms with Crippen molar-refractivity contribution in [2.24, 2.45) is 0 Å². The molecule has 0 aliphatic carbocycles. The lowest BCUT2D eigenvalue weighted by Crippen LogP contribution is -2.12. The lowest BCUT2D eigenvalue weighted by Gasteiger charge is -2.05. The fourth-order valence-electron chi connectivity index (χ4n) is 2.72. The summed E-state index contributed by atoms with van der Waals surface area (Å²) in [6.07, 6.45) is 0. The van der Waals surface area contributed by atoms with Gasteiger partial charge < -0.3 is 18.9 Å². The molecule has 134 valence electrons. The maximum atomic E-state index is 12.4. The molecular formula is C20H13NO6. The predicted molar refractivity (Wildman–Crippen MR) is 98.0 cm³/mol. The van der Waals surface area contributed by atoms with Gasteiger partial charge in [-0.2, -0.15) is 0 Å². The van der Waals surface area contributed by atoms with Gasteiger partial charge in [-0.1, -0.05) is 18.2 Å². The fourth-order valence-corrected chi connectivity index (χ4v) is 2.72. The Morgan fingerprint density at radius 3 is 2.48 bits per heavy atom. The minimum Gasteiger partial charge on any atom is -0.463 e. The molecule has 0 saturated heterocycles. The van der Waals surface area contributed by atoms with Gasteiger partial charge in [0.25, 0.3) is 5.91 Å². The molecule has 4 rings (SSSR count). The SMILES string of the molecule is COC(=O)c1cc(=O)c2cc(NC(=O)c3cc4ccccc4o3)ccc2o1.